The zero-order valence-electron chi connectivity index (χ0n) is 10.5. The molecule has 0 saturated heterocycles. The molecular formula is C14H16N2O2. The zero-order chi connectivity index (χ0) is 13.1. The van der Waals surface area contributed by atoms with Gasteiger partial charge < -0.3 is 10.5 Å². The Hall–Kier alpha value is -2.23. The van der Waals surface area contributed by atoms with Crippen molar-refractivity contribution >= 4 is 5.69 Å². The highest BCUT2D eigenvalue weighted by atomic mass is 16.5. The van der Waals surface area contributed by atoms with Crippen LogP contribution in [0, 0.1) is 6.92 Å². The summed E-state index contributed by atoms with van der Waals surface area (Å²) >= 11 is 0. The number of benzene rings is 1. The summed E-state index contributed by atoms with van der Waals surface area (Å²) < 4.78 is 7.04. The maximum absolute atomic E-state index is 12.0. The lowest BCUT2D eigenvalue weighted by molar-refractivity contribution is 0.340. The van der Waals surface area contributed by atoms with Crippen LogP contribution in [0.25, 0.3) is 5.69 Å². The second kappa shape index (κ2) is 4.96. The Balaban J connectivity index is 2.55. The van der Waals surface area contributed by atoms with Gasteiger partial charge in [-0.1, -0.05) is 6.07 Å². The number of pyridine rings is 1. The first-order chi connectivity index (χ1) is 8.61. The molecule has 0 unspecified atom stereocenters. The molecule has 2 N–H and O–H groups in total. The van der Waals surface area contributed by atoms with Gasteiger partial charge in [0.25, 0.3) is 5.56 Å². The van der Waals surface area contributed by atoms with E-state index in [0.717, 1.165) is 17.1 Å². The third-order valence-corrected chi connectivity index (χ3v) is 2.63. The Morgan fingerprint density at radius 3 is 2.72 bits per heavy atom. The highest BCUT2D eigenvalue weighted by Crippen LogP contribution is 2.17. The molecule has 0 radical (unpaired) electrons. The Kier molecular flexibility index (Phi) is 3.37. The molecule has 0 amide bonds. The molecular weight excluding hydrogens is 228 g/mol. The van der Waals surface area contributed by atoms with Gasteiger partial charge in [-0.2, -0.15) is 0 Å². The zero-order valence-corrected chi connectivity index (χ0v) is 10.5. The van der Waals surface area contributed by atoms with Crippen molar-refractivity contribution in [2.45, 2.75) is 13.8 Å². The fourth-order valence-electron chi connectivity index (χ4n) is 1.94. The van der Waals surface area contributed by atoms with Gasteiger partial charge in [0.15, 0.2) is 0 Å². The summed E-state index contributed by atoms with van der Waals surface area (Å²) in [5.74, 6) is 0.748. The summed E-state index contributed by atoms with van der Waals surface area (Å²) in [5, 5.41) is 0. The maximum Gasteiger partial charge on any atom is 0.257 e. The summed E-state index contributed by atoms with van der Waals surface area (Å²) in [7, 11) is 0. The average molecular weight is 244 g/mol. The average Bonchev–Trinajstić information content (AvgIpc) is 2.28. The van der Waals surface area contributed by atoms with Crippen molar-refractivity contribution < 1.29 is 4.74 Å². The third kappa shape index (κ3) is 2.37. The second-order valence-corrected chi connectivity index (χ2v) is 4.03. The van der Waals surface area contributed by atoms with Crippen LogP contribution in [0.2, 0.25) is 0 Å². The van der Waals surface area contributed by atoms with Crippen LogP contribution in [0.5, 0.6) is 5.75 Å². The minimum Gasteiger partial charge on any atom is -0.494 e. The van der Waals surface area contributed by atoms with E-state index in [2.05, 4.69) is 0 Å². The predicted octanol–water partition coefficient (Wildman–Crippen LogP) is 2.13. The van der Waals surface area contributed by atoms with Gasteiger partial charge in [-0.15, -0.1) is 0 Å². The molecule has 4 heteroatoms. The van der Waals surface area contributed by atoms with E-state index in [1.807, 2.05) is 38.1 Å². The molecule has 94 valence electrons. The minimum absolute atomic E-state index is 0.138. The molecule has 1 aromatic carbocycles. The molecule has 0 aliphatic carbocycles. The molecule has 18 heavy (non-hydrogen) atoms. The van der Waals surface area contributed by atoms with Gasteiger partial charge in [0.05, 0.1) is 12.3 Å². The first-order valence-corrected chi connectivity index (χ1v) is 5.84. The van der Waals surface area contributed by atoms with Crippen LogP contribution in [0.1, 0.15) is 12.6 Å². The summed E-state index contributed by atoms with van der Waals surface area (Å²) in [5.41, 5.74) is 7.57. The van der Waals surface area contributed by atoms with Crippen LogP contribution < -0.4 is 16.0 Å². The molecule has 2 aromatic rings. The number of hydrogen-bond donors (Lipinski definition) is 1. The van der Waals surface area contributed by atoms with E-state index >= 15 is 0 Å². The highest BCUT2D eigenvalue weighted by Gasteiger charge is 2.05. The van der Waals surface area contributed by atoms with Gasteiger partial charge in [0.1, 0.15) is 5.75 Å². The van der Waals surface area contributed by atoms with E-state index in [0.29, 0.717) is 12.3 Å². The first kappa shape index (κ1) is 12.2. The molecule has 0 aliphatic rings. The lowest BCUT2D eigenvalue weighted by Gasteiger charge is -2.12. The van der Waals surface area contributed by atoms with E-state index in [9.17, 15) is 4.79 Å². The molecule has 1 aromatic heterocycles. The molecule has 0 bridgehead atoms. The molecule has 1 heterocycles. The SMILES string of the molecule is CCOc1cccc(-n2c(C)cc(N)cc2=O)c1. The van der Waals surface area contributed by atoms with Crippen LogP contribution in [-0.4, -0.2) is 11.2 Å². The van der Waals surface area contributed by atoms with E-state index in [4.69, 9.17) is 10.5 Å². The standard InChI is InChI=1S/C14H16N2O2/c1-3-18-13-6-4-5-12(9-13)16-10(2)7-11(15)8-14(16)17/h4-9H,3,15H2,1-2H3. The Morgan fingerprint density at radius 1 is 1.28 bits per heavy atom. The number of rotatable bonds is 3. The number of nitrogens with two attached hydrogens (primary N) is 1. The molecule has 0 atom stereocenters. The molecule has 4 nitrogen and oxygen atoms in total. The fourth-order valence-corrected chi connectivity index (χ4v) is 1.94. The van der Waals surface area contributed by atoms with Gasteiger partial charge in [0.2, 0.25) is 0 Å². The first-order valence-electron chi connectivity index (χ1n) is 5.84. The van der Waals surface area contributed by atoms with E-state index < -0.39 is 0 Å². The monoisotopic (exact) mass is 244 g/mol. The van der Waals surface area contributed by atoms with Crippen LogP contribution >= 0.6 is 0 Å². The number of anilines is 1. The van der Waals surface area contributed by atoms with Crippen molar-refractivity contribution in [2.75, 3.05) is 12.3 Å². The molecule has 0 aliphatic heterocycles. The Bertz CT molecular complexity index is 617. The predicted molar refractivity (Wildman–Crippen MR) is 72.4 cm³/mol. The Morgan fingerprint density at radius 2 is 2.06 bits per heavy atom. The summed E-state index contributed by atoms with van der Waals surface area (Å²) in [6, 6.07) is 10.6. The van der Waals surface area contributed by atoms with Crippen molar-refractivity contribution in [1.82, 2.24) is 4.57 Å². The topological polar surface area (TPSA) is 57.2 Å². The number of nitrogen functional groups attached to an aromatic ring is 1. The molecule has 0 fully saturated rings. The van der Waals surface area contributed by atoms with Crippen molar-refractivity contribution in [2.24, 2.45) is 0 Å². The molecule has 0 saturated carbocycles. The number of aryl methyl sites for hydroxylation is 1. The molecule has 0 spiro atoms. The highest BCUT2D eigenvalue weighted by molar-refractivity contribution is 5.45. The number of aromatic nitrogens is 1. The molecule has 2 rings (SSSR count). The lowest BCUT2D eigenvalue weighted by Crippen LogP contribution is -2.20. The maximum atomic E-state index is 12.0. The van der Waals surface area contributed by atoms with Crippen LogP contribution in [0.3, 0.4) is 0 Å². The minimum atomic E-state index is -0.138. The summed E-state index contributed by atoms with van der Waals surface area (Å²) in [6.07, 6.45) is 0. The quantitative estimate of drug-likeness (QED) is 0.899. The summed E-state index contributed by atoms with van der Waals surface area (Å²) in [6.45, 7) is 4.37. The largest absolute Gasteiger partial charge is 0.494 e. The van der Waals surface area contributed by atoms with E-state index in [1.54, 1.807) is 10.6 Å². The van der Waals surface area contributed by atoms with Gasteiger partial charge >= 0.3 is 0 Å². The van der Waals surface area contributed by atoms with Gasteiger partial charge in [0, 0.05) is 23.5 Å². The number of hydrogen-bond acceptors (Lipinski definition) is 3. The number of nitrogens with zero attached hydrogens (tertiary/aromatic N) is 1. The van der Waals surface area contributed by atoms with Gasteiger partial charge in [-0.05, 0) is 32.0 Å². The van der Waals surface area contributed by atoms with E-state index in [-0.39, 0.29) is 5.56 Å². The van der Waals surface area contributed by atoms with Crippen molar-refractivity contribution in [3.63, 3.8) is 0 Å². The van der Waals surface area contributed by atoms with E-state index in [1.165, 1.54) is 6.07 Å². The van der Waals surface area contributed by atoms with Crippen molar-refractivity contribution in [3.05, 3.63) is 52.4 Å². The second-order valence-electron chi connectivity index (χ2n) is 4.03. The van der Waals surface area contributed by atoms with Crippen molar-refractivity contribution in [1.29, 1.82) is 0 Å². The van der Waals surface area contributed by atoms with Crippen LogP contribution in [0.15, 0.2) is 41.2 Å². The van der Waals surface area contributed by atoms with Gasteiger partial charge in [-0.25, -0.2) is 0 Å². The lowest BCUT2D eigenvalue weighted by atomic mass is 10.2. The van der Waals surface area contributed by atoms with Crippen LogP contribution in [0.4, 0.5) is 5.69 Å². The third-order valence-electron chi connectivity index (χ3n) is 2.63. The summed E-state index contributed by atoms with van der Waals surface area (Å²) in [4.78, 5) is 12.0. The smallest absolute Gasteiger partial charge is 0.257 e. The van der Waals surface area contributed by atoms with Gasteiger partial charge in [-0.3, -0.25) is 9.36 Å². The number of ether oxygens (including phenoxy) is 1. The van der Waals surface area contributed by atoms with Crippen LogP contribution in [-0.2, 0) is 0 Å². The fraction of sp³-hybridized carbons (Fsp3) is 0.214. The Labute approximate surface area is 106 Å². The normalized spacial score (nSPS) is 10.3. The van der Waals surface area contributed by atoms with Crippen molar-refractivity contribution in [3.8, 4) is 11.4 Å².